The molecule has 106 valence electrons. The van der Waals surface area contributed by atoms with Gasteiger partial charge in [-0.2, -0.15) is 0 Å². The van der Waals surface area contributed by atoms with Gasteiger partial charge in [-0.3, -0.25) is 4.79 Å². The minimum absolute atomic E-state index is 0.128. The molecule has 0 aromatic rings. The van der Waals surface area contributed by atoms with Crippen molar-refractivity contribution < 1.29 is 13.2 Å². The Labute approximate surface area is 118 Å². The van der Waals surface area contributed by atoms with Crippen LogP contribution in [-0.4, -0.2) is 29.6 Å². The average molecular weight is 301 g/mol. The molecule has 0 saturated carbocycles. The monoisotopic (exact) mass is 301 g/mol. The average Bonchev–Trinajstić information content (AvgIpc) is 2.66. The number of carbonyl (C=O) groups excluding carboxylic acids is 1. The summed E-state index contributed by atoms with van der Waals surface area (Å²) >= 11 is 1.31. The molecule has 1 saturated heterocycles. The van der Waals surface area contributed by atoms with Gasteiger partial charge in [0.05, 0.1) is 10.00 Å². The summed E-state index contributed by atoms with van der Waals surface area (Å²) in [5, 5.41) is -1.40. The predicted molar refractivity (Wildman–Crippen MR) is 78.4 cm³/mol. The fraction of sp³-hybridized carbons (Fsp3) is 0.615. The Morgan fingerprint density at radius 3 is 2.58 bits per heavy atom. The number of amides is 1. The minimum Gasteiger partial charge on any atom is -0.369 e. The van der Waals surface area contributed by atoms with Gasteiger partial charge in [0.15, 0.2) is 9.84 Å². The van der Waals surface area contributed by atoms with Crippen molar-refractivity contribution in [1.29, 1.82) is 0 Å². The van der Waals surface area contributed by atoms with Crippen molar-refractivity contribution in [1.82, 2.24) is 0 Å². The van der Waals surface area contributed by atoms with E-state index in [1.54, 1.807) is 20.8 Å². The number of nitrogens with two attached hydrogens (primary N) is 1. The summed E-state index contributed by atoms with van der Waals surface area (Å²) in [4.78, 5) is 12.6. The molecule has 1 aliphatic heterocycles. The first-order chi connectivity index (χ1) is 8.66. The zero-order valence-electron chi connectivity index (χ0n) is 11.3. The van der Waals surface area contributed by atoms with Crippen molar-refractivity contribution in [3.05, 3.63) is 23.1 Å². The molecule has 1 fully saturated rings. The first kappa shape index (κ1) is 14.7. The quantitative estimate of drug-likeness (QED) is 0.841. The molecule has 0 spiro atoms. The summed E-state index contributed by atoms with van der Waals surface area (Å²) in [6.07, 6.45) is 6.40. The number of allylic oxidation sites excluding steroid dienone is 4. The van der Waals surface area contributed by atoms with Crippen LogP contribution in [0.15, 0.2) is 23.1 Å². The molecule has 2 rings (SSSR count). The summed E-state index contributed by atoms with van der Waals surface area (Å²) in [5.41, 5.74) is 5.41. The largest absolute Gasteiger partial charge is 0.369 e. The van der Waals surface area contributed by atoms with Gasteiger partial charge >= 0.3 is 0 Å². The Morgan fingerprint density at radius 1 is 1.42 bits per heavy atom. The molecule has 0 aromatic carbocycles. The predicted octanol–water partition coefficient (Wildman–Crippen LogP) is 1.63. The molecule has 3 atom stereocenters. The molecule has 6 heteroatoms. The maximum atomic E-state index is 12.8. The normalized spacial score (nSPS) is 30.9. The Morgan fingerprint density at radius 2 is 2.05 bits per heavy atom. The van der Waals surface area contributed by atoms with Crippen molar-refractivity contribution in [2.75, 3.05) is 0 Å². The highest BCUT2D eigenvalue weighted by Gasteiger charge is 2.53. The lowest BCUT2D eigenvalue weighted by atomic mass is 9.95. The van der Waals surface area contributed by atoms with E-state index in [9.17, 15) is 13.2 Å². The second-order valence-electron chi connectivity index (χ2n) is 5.90. The molecule has 1 aliphatic carbocycles. The van der Waals surface area contributed by atoms with E-state index in [4.69, 9.17) is 5.73 Å². The highest BCUT2D eigenvalue weighted by atomic mass is 32.2. The van der Waals surface area contributed by atoms with E-state index in [0.717, 1.165) is 4.91 Å². The van der Waals surface area contributed by atoms with Crippen LogP contribution < -0.4 is 5.73 Å². The van der Waals surface area contributed by atoms with E-state index in [0.29, 0.717) is 6.42 Å². The lowest BCUT2D eigenvalue weighted by Gasteiger charge is -2.30. The summed E-state index contributed by atoms with van der Waals surface area (Å²) < 4.78 is 24.6. The summed E-state index contributed by atoms with van der Waals surface area (Å²) in [6.45, 7) is 5.02. The molecule has 4 nitrogen and oxygen atoms in total. The summed E-state index contributed by atoms with van der Waals surface area (Å²) in [7, 11) is -3.44. The van der Waals surface area contributed by atoms with Crippen LogP contribution >= 0.6 is 11.8 Å². The Balaban J connectivity index is 2.49. The third kappa shape index (κ3) is 2.36. The zero-order chi connectivity index (χ0) is 14.4. The number of thioether (sulfide) groups is 1. The molecule has 3 unspecified atom stereocenters. The topological polar surface area (TPSA) is 77.2 Å². The molecule has 2 N–H and O–H groups in total. The maximum absolute atomic E-state index is 12.8. The summed E-state index contributed by atoms with van der Waals surface area (Å²) in [5.74, 6) is -0.671. The maximum Gasteiger partial charge on any atom is 0.232 e. The van der Waals surface area contributed by atoms with Crippen LogP contribution in [0.5, 0.6) is 0 Å². The van der Waals surface area contributed by atoms with Crippen molar-refractivity contribution in [2.24, 2.45) is 11.7 Å². The van der Waals surface area contributed by atoms with Gasteiger partial charge in [-0.05, 0) is 32.1 Å². The molecule has 0 aromatic heterocycles. The number of primary amides is 1. The van der Waals surface area contributed by atoms with Gasteiger partial charge < -0.3 is 5.73 Å². The SMILES string of the molecule is CC(C)(C)S(=O)(=O)C1C2CC=CC=C2SC1C(N)=O. The van der Waals surface area contributed by atoms with Gasteiger partial charge in [0.25, 0.3) is 0 Å². The van der Waals surface area contributed by atoms with Crippen LogP contribution in [0.2, 0.25) is 0 Å². The van der Waals surface area contributed by atoms with Gasteiger partial charge in [-0.1, -0.05) is 18.2 Å². The van der Waals surface area contributed by atoms with Gasteiger partial charge in [-0.15, -0.1) is 11.8 Å². The third-order valence-corrected chi connectivity index (χ3v) is 8.29. The smallest absolute Gasteiger partial charge is 0.232 e. The molecule has 1 amide bonds. The van der Waals surface area contributed by atoms with E-state index in [1.807, 2.05) is 18.2 Å². The van der Waals surface area contributed by atoms with E-state index in [2.05, 4.69) is 0 Å². The molecule has 2 aliphatic rings. The van der Waals surface area contributed by atoms with E-state index < -0.39 is 31.0 Å². The molecular formula is C13H19NO3S2. The van der Waals surface area contributed by atoms with E-state index in [-0.39, 0.29) is 5.92 Å². The van der Waals surface area contributed by atoms with Crippen LogP contribution in [-0.2, 0) is 14.6 Å². The number of rotatable bonds is 2. The second kappa shape index (κ2) is 4.66. The van der Waals surface area contributed by atoms with Crippen molar-refractivity contribution in [2.45, 2.75) is 42.4 Å². The number of fused-ring (bicyclic) bond motifs is 1. The van der Waals surface area contributed by atoms with Crippen LogP contribution in [0.3, 0.4) is 0 Å². The highest BCUT2D eigenvalue weighted by Crippen LogP contribution is 2.50. The number of carbonyl (C=O) groups is 1. The molecular weight excluding hydrogens is 282 g/mol. The minimum atomic E-state index is -3.44. The van der Waals surface area contributed by atoms with Crippen LogP contribution in [0.1, 0.15) is 27.2 Å². The van der Waals surface area contributed by atoms with Crippen LogP contribution in [0.25, 0.3) is 0 Å². The first-order valence-corrected chi connectivity index (χ1v) is 8.65. The van der Waals surface area contributed by atoms with Crippen molar-refractivity contribution >= 4 is 27.5 Å². The van der Waals surface area contributed by atoms with Gasteiger partial charge in [0.1, 0.15) is 5.25 Å². The second-order valence-corrected chi connectivity index (χ2v) is 9.98. The van der Waals surface area contributed by atoms with Gasteiger partial charge in [0, 0.05) is 5.92 Å². The van der Waals surface area contributed by atoms with E-state index >= 15 is 0 Å². The lowest BCUT2D eigenvalue weighted by molar-refractivity contribution is -0.117. The highest BCUT2D eigenvalue weighted by molar-refractivity contribution is 8.06. The molecule has 0 bridgehead atoms. The standard InChI is InChI=1S/C13H19NO3S2/c1-13(2,3)19(16,17)11-8-6-4-5-7-9(8)18-10(11)12(14)15/h4-5,7-8,10-11H,6H2,1-3H3,(H2,14,15). The Bertz CT molecular complexity index is 553. The number of hydrogen-bond acceptors (Lipinski definition) is 4. The van der Waals surface area contributed by atoms with Crippen molar-refractivity contribution in [3.8, 4) is 0 Å². The molecule has 19 heavy (non-hydrogen) atoms. The zero-order valence-corrected chi connectivity index (χ0v) is 12.9. The van der Waals surface area contributed by atoms with Crippen LogP contribution in [0.4, 0.5) is 0 Å². The van der Waals surface area contributed by atoms with Crippen LogP contribution in [0, 0.1) is 5.92 Å². The number of hydrogen-bond donors (Lipinski definition) is 1. The Kier molecular flexibility index (Phi) is 3.60. The lowest BCUT2D eigenvalue weighted by Crippen LogP contribution is -2.47. The van der Waals surface area contributed by atoms with Gasteiger partial charge in [0.2, 0.25) is 5.91 Å². The third-order valence-electron chi connectivity index (χ3n) is 3.60. The van der Waals surface area contributed by atoms with Crippen molar-refractivity contribution in [3.63, 3.8) is 0 Å². The number of sulfone groups is 1. The fourth-order valence-electron chi connectivity index (χ4n) is 2.48. The first-order valence-electron chi connectivity index (χ1n) is 6.22. The molecule has 1 heterocycles. The summed E-state index contributed by atoms with van der Waals surface area (Å²) in [6, 6.07) is 0. The fourth-order valence-corrected chi connectivity index (χ4v) is 6.45. The van der Waals surface area contributed by atoms with E-state index in [1.165, 1.54) is 11.8 Å². The Hall–Kier alpha value is -0.750. The molecule has 0 radical (unpaired) electrons. The van der Waals surface area contributed by atoms with Gasteiger partial charge in [-0.25, -0.2) is 8.42 Å².